The molecular formula is C14H8FNO3S. The van der Waals surface area contributed by atoms with Crippen molar-refractivity contribution >= 4 is 29.2 Å². The number of carbonyl (C=O) groups is 1. The molecule has 0 saturated carbocycles. The summed E-state index contributed by atoms with van der Waals surface area (Å²) in [6.07, 6.45) is 4.45. The topological polar surface area (TPSA) is 60.2 Å². The summed E-state index contributed by atoms with van der Waals surface area (Å²) in [5.74, 6) is -0.723. The van der Waals surface area contributed by atoms with Crippen molar-refractivity contribution in [2.45, 2.75) is 0 Å². The van der Waals surface area contributed by atoms with Crippen LogP contribution >= 0.6 is 11.8 Å². The first-order valence-electron chi connectivity index (χ1n) is 5.74. The number of halogens is 1. The first kappa shape index (κ1) is 12.8. The summed E-state index contributed by atoms with van der Waals surface area (Å²) in [5.41, 5.74) is 1.49. The normalized spacial score (nSPS) is 16.6. The Kier molecular flexibility index (Phi) is 2.83. The maximum Gasteiger partial charge on any atom is 0.291 e. The number of nitro groups is 1. The summed E-state index contributed by atoms with van der Waals surface area (Å²) in [5, 5.41) is 11.3. The van der Waals surface area contributed by atoms with Gasteiger partial charge < -0.3 is 0 Å². The molecule has 0 amide bonds. The Morgan fingerprint density at radius 2 is 2.05 bits per heavy atom. The molecule has 0 bridgehead atoms. The van der Waals surface area contributed by atoms with Gasteiger partial charge in [-0.25, -0.2) is 4.39 Å². The third kappa shape index (κ3) is 1.72. The van der Waals surface area contributed by atoms with E-state index in [2.05, 4.69) is 0 Å². The lowest BCUT2D eigenvalue weighted by Gasteiger charge is -2.13. The lowest BCUT2D eigenvalue weighted by Crippen LogP contribution is -2.13. The standard InChI is InChI=1S/C14H8FNO3S/c1-20-12-6-11(17)10-5-7-4-8(15)2-3-9(7)13(10)14(12)16(18)19/h2-6H,1H3. The SMILES string of the molecule is CSC1=CC(=O)C2=Cc3cc(F)ccc3C2=C1[N+](=O)[O-]. The van der Waals surface area contributed by atoms with Crippen molar-refractivity contribution in [2.24, 2.45) is 0 Å². The summed E-state index contributed by atoms with van der Waals surface area (Å²) >= 11 is 1.15. The molecule has 2 aliphatic carbocycles. The molecule has 0 unspecified atom stereocenters. The molecule has 1 aromatic rings. The van der Waals surface area contributed by atoms with Gasteiger partial charge in [-0.05, 0) is 35.6 Å². The minimum atomic E-state index is -0.490. The fraction of sp³-hybridized carbons (Fsp3) is 0.0714. The maximum atomic E-state index is 13.3. The van der Waals surface area contributed by atoms with Gasteiger partial charge in [0.15, 0.2) is 5.78 Å². The van der Waals surface area contributed by atoms with Crippen LogP contribution in [-0.4, -0.2) is 17.0 Å². The van der Waals surface area contributed by atoms with Gasteiger partial charge in [0.05, 0.1) is 15.4 Å². The number of hydrogen-bond acceptors (Lipinski definition) is 4. The molecular weight excluding hydrogens is 281 g/mol. The zero-order chi connectivity index (χ0) is 14.4. The van der Waals surface area contributed by atoms with E-state index in [4.69, 9.17) is 0 Å². The highest BCUT2D eigenvalue weighted by atomic mass is 32.2. The van der Waals surface area contributed by atoms with E-state index in [1.165, 1.54) is 30.4 Å². The summed E-state index contributed by atoms with van der Waals surface area (Å²) in [7, 11) is 0. The van der Waals surface area contributed by atoms with Crippen LogP contribution in [0.4, 0.5) is 4.39 Å². The predicted molar refractivity (Wildman–Crippen MR) is 74.9 cm³/mol. The highest BCUT2D eigenvalue weighted by Crippen LogP contribution is 2.44. The number of benzene rings is 1. The first-order chi connectivity index (χ1) is 9.52. The van der Waals surface area contributed by atoms with Gasteiger partial charge in [0.2, 0.25) is 0 Å². The molecule has 0 radical (unpaired) electrons. The van der Waals surface area contributed by atoms with E-state index >= 15 is 0 Å². The highest BCUT2D eigenvalue weighted by molar-refractivity contribution is 8.02. The molecule has 0 aliphatic heterocycles. The Morgan fingerprint density at radius 1 is 1.30 bits per heavy atom. The fourth-order valence-corrected chi connectivity index (χ4v) is 3.02. The van der Waals surface area contributed by atoms with Gasteiger partial charge in [0, 0.05) is 11.6 Å². The number of rotatable bonds is 2. The molecule has 0 aromatic heterocycles. The Morgan fingerprint density at radius 3 is 2.70 bits per heavy atom. The third-order valence-electron chi connectivity index (χ3n) is 3.25. The molecule has 0 fully saturated rings. The zero-order valence-corrected chi connectivity index (χ0v) is 11.2. The Hall–Kier alpha value is -2.21. The molecule has 1 aromatic carbocycles. The van der Waals surface area contributed by atoms with Crippen LogP contribution in [0.15, 0.2) is 40.5 Å². The van der Waals surface area contributed by atoms with Crippen LogP contribution < -0.4 is 0 Å². The molecule has 0 N–H and O–H groups in total. The average molecular weight is 289 g/mol. The number of hydrogen-bond donors (Lipinski definition) is 0. The van der Waals surface area contributed by atoms with Crippen molar-refractivity contribution in [3.8, 4) is 0 Å². The lowest BCUT2D eigenvalue weighted by molar-refractivity contribution is -0.418. The van der Waals surface area contributed by atoms with Gasteiger partial charge in [-0.3, -0.25) is 14.9 Å². The summed E-state index contributed by atoms with van der Waals surface area (Å²) in [6.45, 7) is 0. The van der Waals surface area contributed by atoms with Crippen LogP contribution in [-0.2, 0) is 4.79 Å². The van der Waals surface area contributed by atoms with Crippen LogP contribution in [0.25, 0.3) is 11.6 Å². The van der Waals surface area contributed by atoms with E-state index in [9.17, 15) is 19.3 Å². The van der Waals surface area contributed by atoms with Gasteiger partial charge >= 0.3 is 0 Å². The van der Waals surface area contributed by atoms with Crippen LogP contribution in [0.3, 0.4) is 0 Å². The predicted octanol–water partition coefficient (Wildman–Crippen LogP) is 3.04. The van der Waals surface area contributed by atoms with E-state index in [1.54, 1.807) is 6.26 Å². The molecule has 20 heavy (non-hydrogen) atoms. The van der Waals surface area contributed by atoms with Crippen LogP contribution in [0.2, 0.25) is 0 Å². The van der Waals surface area contributed by atoms with E-state index in [0.717, 1.165) is 11.8 Å². The van der Waals surface area contributed by atoms with Crippen molar-refractivity contribution in [3.05, 3.63) is 67.5 Å². The third-order valence-corrected chi connectivity index (χ3v) is 4.00. The van der Waals surface area contributed by atoms with Crippen molar-refractivity contribution < 1.29 is 14.1 Å². The molecule has 0 heterocycles. The maximum absolute atomic E-state index is 13.3. The second-order valence-corrected chi connectivity index (χ2v) is 5.20. The number of nitrogens with zero attached hydrogens (tertiary/aromatic N) is 1. The smallest absolute Gasteiger partial charge is 0.289 e. The molecule has 100 valence electrons. The number of fused-ring (bicyclic) bond motifs is 3. The lowest BCUT2D eigenvalue weighted by atomic mass is 9.94. The number of carbonyl (C=O) groups excluding carboxylic acids is 1. The van der Waals surface area contributed by atoms with Crippen molar-refractivity contribution in [3.63, 3.8) is 0 Å². The minimum absolute atomic E-state index is 0.0892. The molecule has 3 rings (SSSR count). The largest absolute Gasteiger partial charge is 0.291 e. The Labute approximate surface area is 117 Å². The molecule has 0 saturated heterocycles. The van der Waals surface area contributed by atoms with E-state index in [0.29, 0.717) is 21.6 Å². The Balaban J connectivity index is 2.34. The second-order valence-electron chi connectivity index (χ2n) is 4.35. The van der Waals surface area contributed by atoms with Gasteiger partial charge in [-0.15, -0.1) is 11.8 Å². The quantitative estimate of drug-likeness (QED) is 0.620. The van der Waals surface area contributed by atoms with Gasteiger partial charge in [-0.1, -0.05) is 6.07 Å². The summed E-state index contributed by atoms with van der Waals surface area (Å²) in [6, 6.07) is 3.99. The number of allylic oxidation sites excluding steroid dienone is 3. The van der Waals surface area contributed by atoms with Crippen LogP contribution in [0, 0.1) is 15.9 Å². The minimum Gasteiger partial charge on any atom is -0.289 e. The molecule has 2 aliphatic rings. The molecule has 0 atom stereocenters. The highest BCUT2D eigenvalue weighted by Gasteiger charge is 2.37. The van der Waals surface area contributed by atoms with Gasteiger partial charge in [0.25, 0.3) is 5.70 Å². The summed E-state index contributed by atoms with van der Waals surface area (Å²) < 4.78 is 13.3. The van der Waals surface area contributed by atoms with E-state index in [-0.39, 0.29) is 17.1 Å². The van der Waals surface area contributed by atoms with Gasteiger partial charge in [-0.2, -0.15) is 0 Å². The van der Waals surface area contributed by atoms with Crippen molar-refractivity contribution in [2.75, 3.05) is 6.26 Å². The van der Waals surface area contributed by atoms with Crippen LogP contribution in [0.1, 0.15) is 11.1 Å². The van der Waals surface area contributed by atoms with Crippen molar-refractivity contribution in [1.29, 1.82) is 0 Å². The zero-order valence-electron chi connectivity index (χ0n) is 10.3. The fourth-order valence-electron chi connectivity index (χ4n) is 2.43. The van der Waals surface area contributed by atoms with E-state index < -0.39 is 10.7 Å². The first-order valence-corrected chi connectivity index (χ1v) is 6.96. The number of thioether (sulfide) groups is 1. The van der Waals surface area contributed by atoms with Crippen LogP contribution in [0.5, 0.6) is 0 Å². The van der Waals surface area contributed by atoms with Crippen molar-refractivity contribution in [1.82, 2.24) is 0 Å². The summed E-state index contributed by atoms with van der Waals surface area (Å²) in [4.78, 5) is 23.2. The average Bonchev–Trinajstić information content (AvgIpc) is 2.76. The molecule has 0 spiro atoms. The molecule has 6 heteroatoms. The Bertz CT molecular complexity index is 762. The molecule has 4 nitrogen and oxygen atoms in total. The number of ketones is 1. The monoisotopic (exact) mass is 289 g/mol. The van der Waals surface area contributed by atoms with E-state index in [1.807, 2.05) is 0 Å². The van der Waals surface area contributed by atoms with Gasteiger partial charge in [0.1, 0.15) is 5.82 Å². The second kappa shape index (κ2) is 4.42.